The van der Waals surface area contributed by atoms with Gasteiger partial charge in [0.1, 0.15) is 12.2 Å². The monoisotopic (exact) mass is 162 g/mol. The smallest absolute Gasteiger partial charge is 0.131 e. The van der Waals surface area contributed by atoms with Crippen molar-refractivity contribution in [2.75, 3.05) is 13.1 Å². The van der Waals surface area contributed by atoms with Gasteiger partial charge in [-0.1, -0.05) is 0 Å². The third kappa shape index (κ3) is 1.15. The second-order valence-corrected chi connectivity index (χ2v) is 2.68. The number of aryl methyl sites for hydroxylation is 1. The molecule has 2 heterocycles. The molecule has 0 saturated heterocycles. The van der Waals surface area contributed by atoms with Gasteiger partial charge in [0.25, 0.3) is 0 Å². The van der Waals surface area contributed by atoms with E-state index in [1.165, 1.54) is 0 Å². The molecule has 0 unspecified atom stereocenters. The van der Waals surface area contributed by atoms with E-state index in [0.29, 0.717) is 0 Å². The lowest BCUT2D eigenvalue weighted by Crippen LogP contribution is -2.20. The lowest BCUT2D eigenvalue weighted by atomic mass is 10.2. The Bertz CT molecular complexity index is 319. The number of rotatable bonds is 1. The normalized spacial score (nSPS) is 15.6. The first-order valence-corrected chi connectivity index (χ1v) is 3.93. The van der Waals surface area contributed by atoms with Crippen LogP contribution < -0.4 is 5.32 Å². The van der Waals surface area contributed by atoms with Crippen LogP contribution in [0, 0.1) is 6.92 Å². The number of amidine groups is 1. The molecule has 4 nitrogen and oxygen atoms in total. The fourth-order valence-corrected chi connectivity index (χ4v) is 1.20. The topological polar surface area (TPSA) is 50.2 Å². The first-order valence-electron chi connectivity index (χ1n) is 3.93. The maximum Gasteiger partial charge on any atom is 0.131 e. The second kappa shape index (κ2) is 2.89. The van der Waals surface area contributed by atoms with Crippen molar-refractivity contribution < 1.29 is 0 Å². The molecule has 0 aromatic carbocycles. The van der Waals surface area contributed by atoms with Gasteiger partial charge in [-0.25, -0.2) is 9.97 Å². The molecule has 1 aromatic heterocycles. The molecule has 0 saturated carbocycles. The van der Waals surface area contributed by atoms with Gasteiger partial charge in [-0.15, -0.1) is 0 Å². The Hall–Kier alpha value is -1.45. The van der Waals surface area contributed by atoms with Crippen molar-refractivity contribution in [3.05, 3.63) is 23.8 Å². The van der Waals surface area contributed by atoms with Gasteiger partial charge in [0.2, 0.25) is 0 Å². The van der Waals surface area contributed by atoms with E-state index >= 15 is 0 Å². The molecule has 0 fully saturated rings. The van der Waals surface area contributed by atoms with Crippen molar-refractivity contribution in [2.45, 2.75) is 6.92 Å². The average molecular weight is 162 g/mol. The maximum absolute atomic E-state index is 4.29. The Labute approximate surface area is 70.8 Å². The second-order valence-electron chi connectivity index (χ2n) is 2.68. The molecule has 1 aromatic rings. The predicted molar refractivity (Wildman–Crippen MR) is 46.2 cm³/mol. The average Bonchev–Trinajstić information content (AvgIpc) is 2.57. The predicted octanol–water partition coefficient (Wildman–Crippen LogP) is 0.135. The fourth-order valence-electron chi connectivity index (χ4n) is 1.20. The summed E-state index contributed by atoms with van der Waals surface area (Å²) in [4.78, 5) is 12.3. The highest BCUT2D eigenvalue weighted by Crippen LogP contribution is 2.04. The highest BCUT2D eigenvalue weighted by atomic mass is 15.1. The highest BCUT2D eigenvalue weighted by Gasteiger charge is 2.10. The van der Waals surface area contributed by atoms with Crippen LogP contribution in [0.5, 0.6) is 0 Å². The summed E-state index contributed by atoms with van der Waals surface area (Å²) < 4.78 is 0. The number of aromatic nitrogens is 2. The zero-order valence-electron chi connectivity index (χ0n) is 6.91. The van der Waals surface area contributed by atoms with Gasteiger partial charge in [-0.05, 0) is 6.92 Å². The Morgan fingerprint density at radius 3 is 3.08 bits per heavy atom. The van der Waals surface area contributed by atoms with Crippen molar-refractivity contribution >= 4 is 5.84 Å². The zero-order valence-corrected chi connectivity index (χ0v) is 6.91. The summed E-state index contributed by atoms with van der Waals surface area (Å²) in [6, 6.07) is 0. The van der Waals surface area contributed by atoms with E-state index in [9.17, 15) is 0 Å². The molecule has 0 spiro atoms. The van der Waals surface area contributed by atoms with Gasteiger partial charge >= 0.3 is 0 Å². The van der Waals surface area contributed by atoms with E-state index in [1.54, 1.807) is 12.5 Å². The Morgan fingerprint density at radius 2 is 2.42 bits per heavy atom. The molecular weight excluding hydrogens is 152 g/mol. The molecule has 0 aliphatic carbocycles. The maximum atomic E-state index is 4.29. The Balaban J connectivity index is 2.39. The first kappa shape index (κ1) is 7.21. The zero-order chi connectivity index (χ0) is 8.39. The summed E-state index contributed by atoms with van der Waals surface area (Å²) in [6.45, 7) is 3.73. The molecule has 12 heavy (non-hydrogen) atoms. The minimum atomic E-state index is 0.851. The van der Waals surface area contributed by atoms with Crippen LogP contribution in [0.4, 0.5) is 0 Å². The van der Waals surface area contributed by atoms with E-state index in [-0.39, 0.29) is 0 Å². The van der Waals surface area contributed by atoms with E-state index in [4.69, 9.17) is 0 Å². The van der Waals surface area contributed by atoms with Crippen LogP contribution in [0.25, 0.3) is 0 Å². The van der Waals surface area contributed by atoms with E-state index in [0.717, 1.165) is 30.2 Å². The van der Waals surface area contributed by atoms with Crippen LogP contribution in [0.2, 0.25) is 0 Å². The SMILES string of the molecule is Cc1ncncc1C1=NCCN1. The highest BCUT2D eigenvalue weighted by molar-refractivity contribution is 6.00. The summed E-state index contributed by atoms with van der Waals surface area (Å²) >= 11 is 0. The lowest BCUT2D eigenvalue weighted by molar-refractivity contribution is 0.957. The molecule has 1 aliphatic rings. The van der Waals surface area contributed by atoms with Gasteiger partial charge in [-0.3, -0.25) is 4.99 Å². The summed E-state index contributed by atoms with van der Waals surface area (Å²) in [5, 5.41) is 3.18. The minimum absolute atomic E-state index is 0.851. The molecule has 1 N–H and O–H groups in total. The summed E-state index contributed by atoms with van der Waals surface area (Å²) in [5.41, 5.74) is 1.98. The van der Waals surface area contributed by atoms with Crippen molar-refractivity contribution in [1.29, 1.82) is 0 Å². The number of hydrogen-bond donors (Lipinski definition) is 1. The summed E-state index contributed by atoms with van der Waals surface area (Å²) in [7, 11) is 0. The van der Waals surface area contributed by atoms with Crippen LogP contribution in [-0.4, -0.2) is 28.9 Å². The third-order valence-electron chi connectivity index (χ3n) is 1.84. The van der Waals surface area contributed by atoms with E-state index in [1.807, 2.05) is 6.92 Å². The minimum Gasteiger partial charge on any atom is -0.368 e. The van der Waals surface area contributed by atoms with Crippen LogP contribution in [-0.2, 0) is 0 Å². The number of aliphatic imine (C=N–C) groups is 1. The van der Waals surface area contributed by atoms with E-state index in [2.05, 4.69) is 20.3 Å². The van der Waals surface area contributed by atoms with Gasteiger partial charge in [0.15, 0.2) is 0 Å². The molecule has 0 amide bonds. The Kier molecular flexibility index (Phi) is 1.74. The van der Waals surface area contributed by atoms with Crippen LogP contribution in [0.1, 0.15) is 11.3 Å². The van der Waals surface area contributed by atoms with Gasteiger partial charge in [0.05, 0.1) is 17.8 Å². The molecule has 2 rings (SSSR count). The Morgan fingerprint density at radius 1 is 1.50 bits per heavy atom. The largest absolute Gasteiger partial charge is 0.368 e. The van der Waals surface area contributed by atoms with Crippen molar-refractivity contribution in [3.8, 4) is 0 Å². The van der Waals surface area contributed by atoms with Crippen molar-refractivity contribution in [1.82, 2.24) is 15.3 Å². The fraction of sp³-hybridized carbons (Fsp3) is 0.375. The number of nitrogens with one attached hydrogen (secondary N) is 1. The van der Waals surface area contributed by atoms with E-state index < -0.39 is 0 Å². The number of nitrogens with zero attached hydrogens (tertiary/aromatic N) is 3. The summed E-state index contributed by atoms with van der Waals surface area (Å²) in [5.74, 6) is 0.924. The lowest BCUT2D eigenvalue weighted by Gasteiger charge is -2.03. The molecular formula is C8H10N4. The first-order chi connectivity index (χ1) is 5.88. The van der Waals surface area contributed by atoms with Crippen LogP contribution in [0.3, 0.4) is 0 Å². The standard InChI is InChI=1S/C8H10N4/c1-6-7(4-9-5-12-6)8-10-2-3-11-8/h4-5H,2-3H2,1H3,(H,10,11). The van der Waals surface area contributed by atoms with Crippen molar-refractivity contribution in [2.24, 2.45) is 4.99 Å². The molecule has 0 radical (unpaired) electrons. The number of hydrogen-bond acceptors (Lipinski definition) is 4. The molecule has 1 aliphatic heterocycles. The quantitative estimate of drug-likeness (QED) is 0.638. The van der Waals surface area contributed by atoms with Crippen molar-refractivity contribution in [3.63, 3.8) is 0 Å². The molecule has 4 heteroatoms. The van der Waals surface area contributed by atoms with Gasteiger partial charge < -0.3 is 5.32 Å². The van der Waals surface area contributed by atoms with Gasteiger partial charge in [-0.2, -0.15) is 0 Å². The third-order valence-corrected chi connectivity index (χ3v) is 1.84. The van der Waals surface area contributed by atoms with Crippen LogP contribution in [0.15, 0.2) is 17.5 Å². The van der Waals surface area contributed by atoms with Crippen LogP contribution >= 0.6 is 0 Å². The molecule has 62 valence electrons. The van der Waals surface area contributed by atoms with Gasteiger partial charge in [0, 0.05) is 12.7 Å². The summed E-state index contributed by atoms with van der Waals surface area (Å²) in [6.07, 6.45) is 3.34. The molecule has 0 bridgehead atoms. The molecule has 0 atom stereocenters.